The number of pyridine rings is 1. The van der Waals surface area contributed by atoms with E-state index in [9.17, 15) is 13.2 Å². The minimum atomic E-state index is -3.96. The van der Waals surface area contributed by atoms with Gasteiger partial charge in [-0.1, -0.05) is 65.3 Å². The van der Waals surface area contributed by atoms with Crippen molar-refractivity contribution in [3.05, 3.63) is 119 Å². The highest BCUT2D eigenvalue weighted by atomic mass is 32.2. The number of oxime groups is 1. The Hall–Kier alpha value is -4.56. The molecule has 0 N–H and O–H groups in total. The highest BCUT2D eigenvalue weighted by Gasteiger charge is 2.27. The first-order chi connectivity index (χ1) is 17.4. The molecule has 1 aliphatic heterocycles. The van der Waals surface area contributed by atoms with E-state index in [4.69, 9.17) is 9.02 Å². The molecule has 0 bridgehead atoms. The fraction of sp³-hybridized carbons (Fsp3) is 0.0357. The van der Waals surface area contributed by atoms with Crippen molar-refractivity contribution in [2.24, 2.45) is 5.16 Å². The Balaban J connectivity index is 1.35. The van der Waals surface area contributed by atoms with E-state index in [0.717, 1.165) is 22.4 Å². The number of aromatic nitrogens is 1. The lowest BCUT2D eigenvalue weighted by Crippen LogP contribution is -2.09. The zero-order valence-corrected chi connectivity index (χ0v) is 20.0. The Morgan fingerprint density at radius 2 is 1.53 bits per heavy atom. The highest BCUT2D eigenvalue weighted by molar-refractivity contribution is 7.87. The van der Waals surface area contributed by atoms with Crippen molar-refractivity contribution in [3.63, 3.8) is 0 Å². The number of nitrogens with zero attached hydrogens (tertiary/aromatic N) is 2. The number of benzene rings is 3. The zero-order chi connectivity index (χ0) is 25.1. The van der Waals surface area contributed by atoms with Crippen LogP contribution in [0.25, 0.3) is 17.3 Å². The first-order valence-electron chi connectivity index (χ1n) is 11.0. The molecule has 0 saturated heterocycles. The molecule has 4 aromatic rings. The van der Waals surface area contributed by atoms with Crippen molar-refractivity contribution in [2.45, 2.75) is 11.8 Å². The van der Waals surface area contributed by atoms with Crippen LogP contribution in [-0.2, 0) is 19.8 Å². The van der Waals surface area contributed by atoms with Crippen LogP contribution in [-0.4, -0.2) is 25.1 Å². The van der Waals surface area contributed by atoms with Gasteiger partial charge in [-0.15, -0.1) is 0 Å². The lowest BCUT2D eigenvalue weighted by atomic mass is 9.99. The molecule has 8 heteroatoms. The lowest BCUT2D eigenvalue weighted by molar-refractivity contribution is -0.136. The van der Waals surface area contributed by atoms with Gasteiger partial charge in [0.2, 0.25) is 0 Å². The number of hydrogen-bond donors (Lipinski definition) is 0. The highest BCUT2D eigenvalue weighted by Crippen LogP contribution is 2.25. The number of aryl methyl sites for hydroxylation is 1. The summed E-state index contributed by atoms with van der Waals surface area (Å²) in [6.45, 7) is 1.87. The Morgan fingerprint density at radius 1 is 0.833 bits per heavy atom. The van der Waals surface area contributed by atoms with Gasteiger partial charge in [0, 0.05) is 17.3 Å². The van der Waals surface area contributed by atoms with Crippen molar-refractivity contribution < 1.29 is 22.2 Å². The molecule has 178 valence electrons. The molecule has 5 rings (SSSR count). The first-order valence-corrected chi connectivity index (χ1v) is 12.4. The van der Waals surface area contributed by atoms with Gasteiger partial charge in [-0.2, -0.15) is 8.42 Å². The second-order valence-electron chi connectivity index (χ2n) is 8.09. The van der Waals surface area contributed by atoms with Crippen LogP contribution in [0.5, 0.6) is 5.75 Å². The van der Waals surface area contributed by atoms with Crippen molar-refractivity contribution in [2.75, 3.05) is 0 Å². The van der Waals surface area contributed by atoms with Gasteiger partial charge in [-0.05, 0) is 55.0 Å². The molecule has 0 saturated carbocycles. The fourth-order valence-corrected chi connectivity index (χ4v) is 4.55. The van der Waals surface area contributed by atoms with E-state index in [2.05, 4.69) is 10.1 Å². The third-order valence-corrected chi connectivity index (χ3v) is 6.78. The molecular weight excluding hydrogens is 476 g/mol. The summed E-state index contributed by atoms with van der Waals surface area (Å²) < 4.78 is 30.3. The van der Waals surface area contributed by atoms with E-state index in [-0.39, 0.29) is 10.6 Å². The Bertz CT molecular complexity index is 1580. The van der Waals surface area contributed by atoms with Gasteiger partial charge in [0.1, 0.15) is 16.4 Å². The van der Waals surface area contributed by atoms with Crippen LogP contribution in [0, 0.1) is 6.92 Å². The van der Waals surface area contributed by atoms with Crippen molar-refractivity contribution >= 4 is 27.9 Å². The van der Waals surface area contributed by atoms with E-state index in [1.54, 1.807) is 36.5 Å². The SMILES string of the molecule is Cc1ccc(S(=O)(=O)Oc2ccc(/C=C3\C(=O)ON=C3c3ccc(-c4ccccn4)cc3)cc2)cc1. The van der Waals surface area contributed by atoms with Gasteiger partial charge < -0.3 is 9.02 Å². The third-order valence-electron chi connectivity index (χ3n) is 5.52. The monoisotopic (exact) mass is 496 g/mol. The first kappa shape index (κ1) is 23.2. The molecule has 0 atom stereocenters. The molecule has 0 fully saturated rings. The Morgan fingerprint density at radius 3 is 2.19 bits per heavy atom. The Labute approximate surface area is 208 Å². The molecule has 0 unspecified atom stereocenters. The number of carbonyl (C=O) groups is 1. The van der Waals surface area contributed by atoms with Crippen molar-refractivity contribution in [1.82, 2.24) is 4.98 Å². The summed E-state index contributed by atoms with van der Waals surface area (Å²) in [5.74, 6) is -0.410. The second kappa shape index (κ2) is 9.59. The maximum Gasteiger partial charge on any atom is 0.368 e. The molecule has 0 spiro atoms. The largest absolute Gasteiger partial charge is 0.379 e. The number of carbonyl (C=O) groups excluding carboxylic acids is 1. The average Bonchev–Trinajstić information content (AvgIpc) is 3.25. The second-order valence-corrected chi connectivity index (χ2v) is 9.63. The standard InChI is InChI=1S/C28H20N2O5S/c1-19-5-15-24(16-6-19)36(32,33)35-23-13-7-20(8-14-23)18-25-27(30-34-28(25)31)22-11-9-21(10-12-22)26-4-2-3-17-29-26/h2-18H,1H3/b25-18-. The van der Waals surface area contributed by atoms with Crippen LogP contribution < -0.4 is 4.18 Å². The van der Waals surface area contributed by atoms with E-state index in [1.807, 2.05) is 49.4 Å². The fourth-order valence-electron chi connectivity index (χ4n) is 3.62. The van der Waals surface area contributed by atoms with Gasteiger partial charge in [0.25, 0.3) is 0 Å². The summed E-state index contributed by atoms with van der Waals surface area (Å²) >= 11 is 0. The molecule has 0 radical (unpaired) electrons. The van der Waals surface area contributed by atoms with Crippen LogP contribution in [0.3, 0.4) is 0 Å². The zero-order valence-electron chi connectivity index (χ0n) is 19.2. The quantitative estimate of drug-likeness (QED) is 0.208. The van der Waals surface area contributed by atoms with Crippen molar-refractivity contribution in [1.29, 1.82) is 0 Å². The van der Waals surface area contributed by atoms with Gasteiger partial charge in [0.15, 0.2) is 0 Å². The predicted octanol–water partition coefficient (Wildman–Crippen LogP) is 5.17. The third kappa shape index (κ3) is 4.94. The molecule has 2 heterocycles. The van der Waals surface area contributed by atoms with E-state index < -0.39 is 16.1 Å². The van der Waals surface area contributed by atoms with Gasteiger partial charge in [-0.3, -0.25) is 4.98 Å². The summed E-state index contributed by atoms with van der Waals surface area (Å²) in [5.41, 5.74) is 4.80. The number of hydrogen-bond acceptors (Lipinski definition) is 7. The molecule has 3 aromatic carbocycles. The van der Waals surface area contributed by atoms with E-state index >= 15 is 0 Å². The minimum Gasteiger partial charge on any atom is -0.379 e. The molecule has 0 aliphatic carbocycles. The maximum atomic E-state index is 12.5. The normalized spacial score (nSPS) is 14.4. The van der Waals surface area contributed by atoms with Crippen LogP contribution in [0.1, 0.15) is 16.7 Å². The van der Waals surface area contributed by atoms with Crippen LogP contribution in [0.4, 0.5) is 0 Å². The van der Waals surface area contributed by atoms with Gasteiger partial charge in [-0.25, -0.2) is 4.79 Å². The predicted molar refractivity (Wildman–Crippen MR) is 136 cm³/mol. The van der Waals surface area contributed by atoms with Crippen LogP contribution >= 0.6 is 0 Å². The minimum absolute atomic E-state index is 0.0721. The van der Waals surface area contributed by atoms with Crippen LogP contribution in [0.15, 0.2) is 113 Å². The summed E-state index contributed by atoms with van der Waals surface area (Å²) in [6.07, 6.45) is 3.37. The summed E-state index contributed by atoms with van der Waals surface area (Å²) in [7, 11) is -3.96. The average molecular weight is 497 g/mol. The summed E-state index contributed by atoms with van der Waals surface area (Å²) in [5, 5.41) is 3.95. The van der Waals surface area contributed by atoms with Gasteiger partial charge >= 0.3 is 16.1 Å². The van der Waals surface area contributed by atoms with Crippen molar-refractivity contribution in [3.8, 4) is 17.0 Å². The Kier molecular flexibility index (Phi) is 6.18. The summed E-state index contributed by atoms with van der Waals surface area (Å²) in [4.78, 5) is 21.7. The van der Waals surface area contributed by atoms with E-state index in [0.29, 0.717) is 16.8 Å². The summed E-state index contributed by atoms with van der Waals surface area (Å²) in [6, 6.07) is 26.0. The smallest absolute Gasteiger partial charge is 0.368 e. The molecule has 7 nitrogen and oxygen atoms in total. The molecule has 1 aromatic heterocycles. The molecule has 1 aliphatic rings. The lowest BCUT2D eigenvalue weighted by Gasteiger charge is -2.08. The number of rotatable bonds is 6. The topological polar surface area (TPSA) is 94.9 Å². The molecular formula is C28H20N2O5S. The van der Waals surface area contributed by atoms with Crippen LogP contribution in [0.2, 0.25) is 0 Å². The maximum absolute atomic E-state index is 12.5. The van der Waals surface area contributed by atoms with E-state index in [1.165, 1.54) is 24.3 Å². The molecule has 0 amide bonds. The van der Waals surface area contributed by atoms with Gasteiger partial charge in [0.05, 0.1) is 11.3 Å². The molecule has 36 heavy (non-hydrogen) atoms.